The van der Waals surface area contributed by atoms with Crippen LogP contribution < -0.4 is 0 Å². The number of aliphatic hydroxyl groups excluding tert-OH is 2. The van der Waals surface area contributed by atoms with Gasteiger partial charge in [-0.2, -0.15) is 0 Å². The number of hydrogen-bond donors (Lipinski definition) is 2. The van der Waals surface area contributed by atoms with Crippen LogP contribution in [0, 0.1) is 0 Å². The summed E-state index contributed by atoms with van der Waals surface area (Å²) >= 11 is 24.2. The highest BCUT2D eigenvalue weighted by Gasteiger charge is 2.47. The summed E-state index contributed by atoms with van der Waals surface area (Å²) in [7, 11) is 1.42. The Morgan fingerprint density at radius 1 is 0.805 bits per heavy atom. The monoisotopic (exact) mass is 644 g/mol. The van der Waals surface area contributed by atoms with Gasteiger partial charge in [0.25, 0.3) is 0 Å². The second-order valence-electron chi connectivity index (χ2n) is 9.01. The molecule has 2 aromatic heterocycles. The van der Waals surface area contributed by atoms with Crippen molar-refractivity contribution in [2.24, 2.45) is 0 Å². The molecule has 0 amide bonds. The molecule has 2 aromatic carbocycles. The van der Waals surface area contributed by atoms with Gasteiger partial charge in [0, 0.05) is 7.11 Å². The standard InChI is InChI=1S/C25H24Cl4N6O6/c1-38-25-24(40-12-14-9-35(33-31-14)16-3-5-18(27)20(29)7-16)23(22(37)21(10-36)41-25)39-11-13-8-34(32-30-13)15-2-4-17(26)19(28)6-15/h2-9,21-25,36-37H,10-12H2,1H3/t21-,22-,23+,24-,25+/m1/s1. The van der Waals surface area contributed by atoms with E-state index in [1.807, 2.05) is 0 Å². The Morgan fingerprint density at radius 3 is 1.78 bits per heavy atom. The quantitative estimate of drug-likeness (QED) is 0.263. The number of ether oxygens (including phenoxy) is 4. The maximum Gasteiger partial charge on any atom is 0.186 e. The van der Waals surface area contributed by atoms with E-state index in [4.69, 9.17) is 65.4 Å². The molecule has 3 heterocycles. The lowest BCUT2D eigenvalue weighted by molar-refractivity contribution is -0.314. The van der Waals surface area contributed by atoms with E-state index in [9.17, 15) is 10.2 Å². The second-order valence-corrected chi connectivity index (χ2v) is 10.6. The molecule has 0 radical (unpaired) electrons. The topological polar surface area (TPSA) is 139 Å². The van der Waals surface area contributed by atoms with Crippen LogP contribution in [0.5, 0.6) is 0 Å². The Balaban J connectivity index is 1.29. The lowest BCUT2D eigenvalue weighted by atomic mass is 9.98. The highest BCUT2D eigenvalue weighted by Crippen LogP contribution is 2.29. The third-order valence-electron chi connectivity index (χ3n) is 6.30. The minimum absolute atomic E-state index is 0.0148. The number of methoxy groups -OCH3 is 1. The Morgan fingerprint density at radius 2 is 1.32 bits per heavy atom. The first-order valence-corrected chi connectivity index (χ1v) is 13.7. The molecule has 0 unspecified atom stereocenters. The predicted octanol–water partition coefficient (Wildman–Crippen LogP) is 3.66. The van der Waals surface area contributed by atoms with Gasteiger partial charge < -0.3 is 29.2 Å². The number of aromatic nitrogens is 6. The van der Waals surface area contributed by atoms with Gasteiger partial charge in [-0.25, -0.2) is 9.36 Å². The van der Waals surface area contributed by atoms with Gasteiger partial charge in [0.05, 0.1) is 63.7 Å². The first-order valence-electron chi connectivity index (χ1n) is 12.2. The smallest absolute Gasteiger partial charge is 0.186 e. The summed E-state index contributed by atoms with van der Waals surface area (Å²) in [6.45, 7) is -0.511. The predicted molar refractivity (Wildman–Crippen MR) is 149 cm³/mol. The van der Waals surface area contributed by atoms with E-state index in [1.54, 1.807) is 48.8 Å². The number of halogens is 4. The number of hydrogen-bond acceptors (Lipinski definition) is 10. The summed E-state index contributed by atoms with van der Waals surface area (Å²) in [6.07, 6.45) is -1.73. The third kappa shape index (κ3) is 6.83. The molecule has 4 aromatic rings. The summed E-state index contributed by atoms with van der Waals surface area (Å²) < 4.78 is 26.4. The fraction of sp³-hybridized carbons (Fsp3) is 0.360. The lowest BCUT2D eigenvalue weighted by Gasteiger charge is -2.43. The third-order valence-corrected chi connectivity index (χ3v) is 7.77. The lowest BCUT2D eigenvalue weighted by Crippen LogP contribution is -2.60. The molecule has 5 rings (SSSR count). The molecule has 0 spiro atoms. The Labute approximate surface area is 254 Å². The molecular formula is C25H24Cl4N6O6. The van der Waals surface area contributed by atoms with Gasteiger partial charge in [0.1, 0.15) is 35.8 Å². The summed E-state index contributed by atoms with van der Waals surface area (Å²) in [6, 6.07) is 10.1. The molecule has 1 saturated heterocycles. The normalized spacial score (nSPS) is 22.8. The largest absolute Gasteiger partial charge is 0.394 e. The van der Waals surface area contributed by atoms with Crippen molar-refractivity contribution in [1.29, 1.82) is 0 Å². The van der Waals surface area contributed by atoms with Crippen LogP contribution in [0.4, 0.5) is 0 Å². The van der Waals surface area contributed by atoms with Crippen molar-refractivity contribution in [1.82, 2.24) is 30.0 Å². The first kappa shape index (κ1) is 30.1. The summed E-state index contributed by atoms with van der Waals surface area (Å²) in [5.74, 6) is 0. The average molecular weight is 646 g/mol. The zero-order valence-electron chi connectivity index (χ0n) is 21.3. The van der Waals surface area contributed by atoms with Crippen molar-refractivity contribution in [3.8, 4) is 11.4 Å². The Hall–Kier alpha value is -2.36. The molecule has 16 heteroatoms. The second kappa shape index (κ2) is 13.3. The number of nitrogens with zero attached hydrogens (tertiary/aromatic N) is 6. The zero-order valence-corrected chi connectivity index (χ0v) is 24.4. The van der Waals surface area contributed by atoms with Gasteiger partial charge in [0.2, 0.25) is 0 Å². The maximum absolute atomic E-state index is 11.0. The molecule has 218 valence electrons. The van der Waals surface area contributed by atoms with Crippen LogP contribution in [0.25, 0.3) is 11.4 Å². The van der Waals surface area contributed by atoms with E-state index >= 15 is 0 Å². The zero-order chi connectivity index (χ0) is 29.1. The van der Waals surface area contributed by atoms with Crippen molar-refractivity contribution in [3.63, 3.8) is 0 Å². The van der Waals surface area contributed by atoms with E-state index < -0.39 is 37.3 Å². The van der Waals surface area contributed by atoms with E-state index in [0.717, 1.165) is 0 Å². The SMILES string of the molecule is CO[C@H]1O[C@H](CO)[C@@H](O)[C@H](OCc2cn(-c3ccc(Cl)c(Cl)c3)nn2)[C@H]1OCc1cn(-c2ccc(Cl)c(Cl)c2)nn1. The average Bonchev–Trinajstić information content (AvgIpc) is 3.64. The van der Waals surface area contributed by atoms with Gasteiger partial charge in [-0.1, -0.05) is 56.8 Å². The van der Waals surface area contributed by atoms with Crippen molar-refractivity contribution in [2.75, 3.05) is 13.7 Å². The molecule has 2 N–H and O–H groups in total. The van der Waals surface area contributed by atoms with Gasteiger partial charge in [0.15, 0.2) is 6.29 Å². The number of aliphatic hydroxyl groups is 2. The first-order chi connectivity index (χ1) is 19.8. The van der Waals surface area contributed by atoms with Crippen LogP contribution in [0.1, 0.15) is 11.4 Å². The van der Waals surface area contributed by atoms with Crippen LogP contribution in [-0.2, 0) is 32.2 Å². The molecule has 0 saturated carbocycles. The van der Waals surface area contributed by atoms with Gasteiger partial charge >= 0.3 is 0 Å². The van der Waals surface area contributed by atoms with Crippen LogP contribution in [0.2, 0.25) is 20.1 Å². The van der Waals surface area contributed by atoms with E-state index in [2.05, 4.69) is 20.6 Å². The van der Waals surface area contributed by atoms with Crippen LogP contribution >= 0.6 is 46.4 Å². The highest BCUT2D eigenvalue weighted by atomic mass is 35.5. The van der Waals surface area contributed by atoms with Crippen molar-refractivity contribution >= 4 is 46.4 Å². The van der Waals surface area contributed by atoms with E-state index in [-0.39, 0.29) is 13.2 Å². The van der Waals surface area contributed by atoms with Crippen LogP contribution in [0.3, 0.4) is 0 Å². The Kier molecular flexibility index (Phi) is 9.77. The van der Waals surface area contributed by atoms with Gasteiger partial charge in [-0.3, -0.25) is 0 Å². The minimum Gasteiger partial charge on any atom is -0.394 e. The summed E-state index contributed by atoms with van der Waals surface area (Å²) in [4.78, 5) is 0. The molecule has 12 nitrogen and oxygen atoms in total. The molecular weight excluding hydrogens is 622 g/mol. The van der Waals surface area contributed by atoms with Crippen molar-refractivity contribution < 1.29 is 29.2 Å². The Bertz CT molecular complexity index is 1490. The highest BCUT2D eigenvalue weighted by molar-refractivity contribution is 6.42. The molecule has 1 aliphatic heterocycles. The van der Waals surface area contributed by atoms with Crippen molar-refractivity contribution in [2.45, 2.75) is 43.9 Å². The van der Waals surface area contributed by atoms with Crippen LogP contribution in [-0.4, -0.2) is 84.6 Å². The van der Waals surface area contributed by atoms with Crippen molar-refractivity contribution in [3.05, 3.63) is 80.3 Å². The van der Waals surface area contributed by atoms with Gasteiger partial charge in [-0.15, -0.1) is 10.2 Å². The summed E-state index contributed by atoms with van der Waals surface area (Å²) in [5, 5.41) is 38.8. The van der Waals surface area contributed by atoms with Crippen LogP contribution in [0.15, 0.2) is 48.8 Å². The molecule has 0 bridgehead atoms. The molecule has 1 fully saturated rings. The van der Waals surface area contributed by atoms with E-state index in [0.29, 0.717) is 42.9 Å². The molecule has 1 aliphatic rings. The number of rotatable bonds is 10. The fourth-order valence-electron chi connectivity index (χ4n) is 4.20. The summed E-state index contributed by atoms with van der Waals surface area (Å²) in [5.41, 5.74) is 2.25. The van der Waals surface area contributed by atoms with Gasteiger partial charge in [-0.05, 0) is 36.4 Å². The minimum atomic E-state index is -1.24. The molecule has 5 atom stereocenters. The number of benzene rings is 2. The fourth-order valence-corrected chi connectivity index (χ4v) is 4.78. The molecule has 0 aliphatic carbocycles. The van der Waals surface area contributed by atoms with E-state index in [1.165, 1.54) is 16.5 Å². The molecule has 41 heavy (non-hydrogen) atoms. The maximum atomic E-state index is 11.0.